The highest BCUT2D eigenvalue weighted by Crippen LogP contribution is 2.32. The molecule has 5 nitrogen and oxygen atoms in total. The number of nitrogens with zero attached hydrogens (tertiary/aromatic N) is 1. The van der Waals surface area contributed by atoms with Gasteiger partial charge in [-0.25, -0.2) is 8.42 Å². The summed E-state index contributed by atoms with van der Waals surface area (Å²) in [6, 6.07) is 10.1. The van der Waals surface area contributed by atoms with Gasteiger partial charge < -0.3 is 5.32 Å². The van der Waals surface area contributed by atoms with Crippen molar-refractivity contribution in [1.29, 1.82) is 0 Å². The first-order valence-corrected chi connectivity index (χ1v) is 14.3. The van der Waals surface area contributed by atoms with Crippen LogP contribution in [-0.4, -0.2) is 38.1 Å². The van der Waals surface area contributed by atoms with Crippen molar-refractivity contribution < 1.29 is 26.4 Å². The van der Waals surface area contributed by atoms with Crippen molar-refractivity contribution in [1.82, 2.24) is 10.2 Å². The number of fused-ring (bicyclic) bond motifs is 1. The smallest absolute Gasteiger partial charge is 0.349 e. The van der Waals surface area contributed by atoms with E-state index in [0.717, 1.165) is 62.7 Å². The molecule has 1 fully saturated rings. The second-order valence-corrected chi connectivity index (χ2v) is 11.9. The van der Waals surface area contributed by atoms with Crippen molar-refractivity contribution in [2.75, 3.05) is 18.8 Å². The molecule has 1 aliphatic carbocycles. The van der Waals surface area contributed by atoms with E-state index in [9.17, 15) is 26.4 Å². The van der Waals surface area contributed by atoms with Crippen molar-refractivity contribution in [3.05, 3.63) is 64.7 Å². The van der Waals surface area contributed by atoms with E-state index in [0.29, 0.717) is 6.07 Å². The summed E-state index contributed by atoms with van der Waals surface area (Å²) in [7, 11) is -3.92. The number of nitrogens with one attached hydrogen (secondary N) is 1. The first kappa shape index (κ1) is 26.7. The minimum Gasteiger partial charge on any atom is -0.349 e. The number of sulfone groups is 1. The minimum absolute atomic E-state index is 0.00291. The number of amides is 1. The summed E-state index contributed by atoms with van der Waals surface area (Å²) in [4.78, 5) is 14.7. The summed E-state index contributed by atoms with van der Waals surface area (Å²) in [6.07, 6.45) is 2.00. The lowest BCUT2D eigenvalue weighted by Crippen LogP contribution is -2.31. The van der Waals surface area contributed by atoms with E-state index in [4.69, 9.17) is 0 Å². The Morgan fingerprint density at radius 3 is 2.56 bits per heavy atom. The Morgan fingerprint density at radius 1 is 1.03 bits per heavy atom. The normalized spacial score (nSPS) is 19.0. The van der Waals surface area contributed by atoms with Gasteiger partial charge in [0.1, 0.15) is 0 Å². The fourth-order valence-corrected chi connectivity index (χ4v) is 6.52. The highest BCUT2D eigenvalue weighted by Gasteiger charge is 2.31. The lowest BCUT2D eigenvalue weighted by atomic mass is 9.86. The fourth-order valence-electron chi connectivity index (χ4n) is 5.16. The van der Waals surface area contributed by atoms with Gasteiger partial charge in [-0.2, -0.15) is 13.2 Å². The van der Waals surface area contributed by atoms with Crippen molar-refractivity contribution in [2.45, 2.75) is 75.0 Å². The zero-order chi connectivity index (χ0) is 25.8. The van der Waals surface area contributed by atoms with Crippen LogP contribution in [0.4, 0.5) is 13.2 Å². The van der Waals surface area contributed by atoms with Gasteiger partial charge in [-0.3, -0.25) is 9.69 Å². The van der Waals surface area contributed by atoms with E-state index >= 15 is 0 Å². The Kier molecular flexibility index (Phi) is 8.40. The van der Waals surface area contributed by atoms with Gasteiger partial charge in [-0.05, 0) is 86.5 Å². The number of alkyl halides is 3. The third kappa shape index (κ3) is 6.88. The van der Waals surface area contributed by atoms with E-state index < -0.39 is 21.6 Å². The molecule has 2 aromatic carbocycles. The number of benzene rings is 2. The third-order valence-corrected chi connectivity index (χ3v) is 8.85. The maximum Gasteiger partial charge on any atom is 0.416 e. The molecule has 36 heavy (non-hydrogen) atoms. The first-order chi connectivity index (χ1) is 17.1. The average molecular weight is 523 g/mol. The number of hydrogen-bond acceptors (Lipinski definition) is 4. The molecule has 0 saturated carbocycles. The van der Waals surface area contributed by atoms with Gasteiger partial charge in [0.15, 0.2) is 9.84 Å². The number of hydrogen-bond donors (Lipinski definition) is 1. The molecule has 0 bridgehead atoms. The fraction of sp³-hybridized carbons (Fsp3) is 0.519. The maximum absolute atomic E-state index is 12.9. The Labute approximate surface area is 211 Å². The largest absolute Gasteiger partial charge is 0.416 e. The van der Waals surface area contributed by atoms with Gasteiger partial charge in [0.2, 0.25) is 5.91 Å². The Bertz CT molecular complexity index is 1180. The lowest BCUT2D eigenvalue weighted by molar-refractivity contribution is -0.137. The van der Waals surface area contributed by atoms with Crippen LogP contribution < -0.4 is 5.32 Å². The van der Waals surface area contributed by atoms with Gasteiger partial charge in [-0.1, -0.05) is 30.7 Å². The molecular formula is C27H33F3N2O3S. The van der Waals surface area contributed by atoms with E-state index in [1.165, 1.54) is 30.4 Å². The van der Waals surface area contributed by atoms with Crippen molar-refractivity contribution in [2.24, 2.45) is 0 Å². The lowest BCUT2D eigenvalue weighted by Gasteiger charge is -2.29. The van der Waals surface area contributed by atoms with Crippen molar-refractivity contribution in [3.8, 4) is 0 Å². The highest BCUT2D eigenvalue weighted by atomic mass is 32.2. The van der Waals surface area contributed by atoms with E-state index in [1.54, 1.807) is 0 Å². The van der Waals surface area contributed by atoms with E-state index in [-0.39, 0.29) is 35.4 Å². The molecule has 1 aliphatic heterocycles. The number of likely N-dealkylation sites (tertiary alicyclic amines) is 1. The van der Waals surface area contributed by atoms with Crippen LogP contribution >= 0.6 is 0 Å². The summed E-state index contributed by atoms with van der Waals surface area (Å²) >= 11 is 0. The van der Waals surface area contributed by atoms with Gasteiger partial charge in [0.05, 0.1) is 22.3 Å². The molecule has 1 amide bonds. The van der Waals surface area contributed by atoms with E-state index in [2.05, 4.69) is 28.4 Å². The minimum atomic E-state index is -4.62. The van der Waals surface area contributed by atoms with Gasteiger partial charge in [0.25, 0.3) is 0 Å². The number of halogens is 3. The first-order valence-electron chi connectivity index (χ1n) is 12.7. The molecule has 1 unspecified atom stereocenters. The average Bonchev–Trinajstić information content (AvgIpc) is 2.84. The highest BCUT2D eigenvalue weighted by molar-refractivity contribution is 7.91. The number of rotatable bonds is 8. The topological polar surface area (TPSA) is 66.5 Å². The van der Waals surface area contributed by atoms with Gasteiger partial charge >= 0.3 is 6.18 Å². The Morgan fingerprint density at radius 2 is 1.81 bits per heavy atom. The number of carbonyl (C=O) groups excluding carboxylic acids is 1. The molecule has 2 aliphatic rings. The molecular weight excluding hydrogens is 489 g/mol. The molecule has 9 heteroatoms. The van der Waals surface area contributed by atoms with Crippen molar-refractivity contribution >= 4 is 15.7 Å². The maximum atomic E-state index is 12.9. The number of carbonyl (C=O) groups is 1. The Hall–Kier alpha value is -2.39. The third-order valence-electron chi connectivity index (χ3n) is 7.05. The second kappa shape index (κ2) is 11.3. The van der Waals surface area contributed by atoms with Crippen LogP contribution in [-0.2, 0) is 33.8 Å². The molecule has 4 rings (SSSR count). The number of piperidine rings is 1. The van der Waals surface area contributed by atoms with Crippen LogP contribution in [0.3, 0.4) is 0 Å². The molecule has 1 atom stereocenters. The summed E-state index contributed by atoms with van der Waals surface area (Å²) in [5.74, 6) is -0.632. The molecule has 1 saturated heterocycles. The monoisotopic (exact) mass is 522 g/mol. The Balaban J connectivity index is 1.31. The zero-order valence-electron chi connectivity index (χ0n) is 20.3. The summed E-state index contributed by atoms with van der Waals surface area (Å²) in [5.41, 5.74) is 2.67. The summed E-state index contributed by atoms with van der Waals surface area (Å²) < 4.78 is 63.8. The van der Waals surface area contributed by atoms with Crippen LogP contribution in [0.5, 0.6) is 0 Å². The molecule has 0 aromatic heterocycles. The zero-order valence-corrected chi connectivity index (χ0v) is 21.1. The SMILES string of the molecule is O=C(CCCS(=O)(=O)c1cccc(C(F)(F)F)c1)NC1CCCc2cc(CN3CCCCC3)ccc21. The second-order valence-electron chi connectivity index (χ2n) is 9.83. The molecule has 1 N–H and O–H groups in total. The molecule has 1 heterocycles. The van der Waals surface area contributed by atoms with Crippen LogP contribution in [0.25, 0.3) is 0 Å². The van der Waals surface area contributed by atoms with Crippen LogP contribution in [0, 0.1) is 0 Å². The molecule has 0 radical (unpaired) electrons. The number of aryl methyl sites for hydroxylation is 1. The van der Waals surface area contributed by atoms with Gasteiger partial charge in [0, 0.05) is 13.0 Å². The molecule has 2 aromatic rings. The summed E-state index contributed by atoms with van der Waals surface area (Å²) in [5, 5.41) is 3.04. The van der Waals surface area contributed by atoms with Crippen LogP contribution in [0.2, 0.25) is 0 Å². The molecule has 196 valence electrons. The van der Waals surface area contributed by atoms with Crippen molar-refractivity contribution in [3.63, 3.8) is 0 Å². The van der Waals surface area contributed by atoms with Crippen LogP contribution in [0.1, 0.15) is 73.2 Å². The summed E-state index contributed by atoms with van der Waals surface area (Å²) in [6.45, 7) is 3.23. The predicted octanol–water partition coefficient (Wildman–Crippen LogP) is 5.44. The van der Waals surface area contributed by atoms with E-state index in [1.807, 2.05) is 0 Å². The predicted molar refractivity (Wildman–Crippen MR) is 132 cm³/mol. The standard InChI is InChI=1S/C27H33F3N2O3S/c28-27(29,30)22-8-5-9-23(18-22)36(34,35)16-6-11-26(33)31-25-10-4-7-21-17-20(12-13-24(21)25)19-32-14-2-1-3-15-32/h5,8-9,12-13,17-18,25H,1-4,6-7,10-11,14-16,19H2,(H,31,33). The van der Waals surface area contributed by atoms with Crippen LogP contribution in [0.15, 0.2) is 47.4 Å². The van der Waals surface area contributed by atoms with Gasteiger partial charge in [-0.15, -0.1) is 0 Å². The molecule has 0 spiro atoms. The quantitative estimate of drug-likeness (QED) is 0.502.